The highest BCUT2D eigenvalue weighted by Gasteiger charge is 2.40. The fourth-order valence-electron chi connectivity index (χ4n) is 5.01. The molecule has 0 saturated carbocycles. The van der Waals surface area contributed by atoms with Gasteiger partial charge in [0.15, 0.2) is 0 Å². The molecule has 4 nitrogen and oxygen atoms in total. The first-order chi connectivity index (χ1) is 11.2. The summed E-state index contributed by atoms with van der Waals surface area (Å²) in [5, 5.41) is 1.18. The number of aromatic nitrogens is 1. The second-order valence-electron chi connectivity index (χ2n) is 7.42. The predicted molar refractivity (Wildman–Crippen MR) is 90.6 cm³/mol. The first kappa shape index (κ1) is 13.6. The summed E-state index contributed by atoms with van der Waals surface area (Å²) in [6, 6.07) is 6.59. The lowest BCUT2D eigenvalue weighted by Crippen LogP contribution is -2.58. The zero-order valence-electron chi connectivity index (χ0n) is 13.7. The van der Waals surface area contributed by atoms with Gasteiger partial charge in [-0.3, -0.25) is 4.79 Å². The molecule has 1 aromatic heterocycles. The number of carbonyl (C=O) groups excluding carboxylic acids is 1. The third-order valence-corrected chi connectivity index (χ3v) is 6.23. The van der Waals surface area contributed by atoms with Gasteiger partial charge < -0.3 is 14.4 Å². The van der Waals surface area contributed by atoms with E-state index in [1.54, 1.807) is 0 Å². The summed E-state index contributed by atoms with van der Waals surface area (Å²) in [7, 11) is 2.08. The van der Waals surface area contributed by atoms with Gasteiger partial charge in [0, 0.05) is 48.8 Å². The van der Waals surface area contributed by atoms with Gasteiger partial charge in [-0.15, -0.1) is 0 Å². The second kappa shape index (κ2) is 4.84. The number of fused-ring (bicyclic) bond motifs is 3. The Bertz CT molecular complexity index is 785. The minimum Gasteiger partial charge on any atom is -0.350 e. The van der Waals surface area contributed by atoms with Crippen molar-refractivity contribution < 1.29 is 4.79 Å². The molecule has 0 spiro atoms. The number of piperidine rings is 3. The fourth-order valence-corrected chi connectivity index (χ4v) is 5.01. The Balaban J connectivity index is 1.58. The summed E-state index contributed by atoms with van der Waals surface area (Å²) >= 11 is 0. The molecular weight excluding hydrogens is 286 g/mol. The summed E-state index contributed by atoms with van der Waals surface area (Å²) in [4.78, 5) is 18.0. The van der Waals surface area contributed by atoms with Crippen LogP contribution in [0.1, 0.15) is 28.8 Å². The maximum absolute atomic E-state index is 13.3. The van der Waals surface area contributed by atoms with Gasteiger partial charge in [0.2, 0.25) is 0 Å². The van der Waals surface area contributed by atoms with Crippen LogP contribution in [-0.2, 0) is 13.5 Å². The zero-order chi connectivity index (χ0) is 15.6. The number of nitrogens with zero attached hydrogens (tertiary/aromatic N) is 3. The van der Waals surface area contributed by atoms with Gasteiger partial charge in [-0.2, -0.15) is 0 Å². The summed E-state index contributed by atoms with van der Waals surface area (Å²) in [6.07, 6.45) is 5.70. The normalized spacial score (nSPS) is 30.0. The number of carbonyl (C=O) groups is 1. The van der Waals surface area contributed by atoms with Crippen molar-refractivity contribution >= 4 is 16.8 Å². The SMILES string of the molecule is Cn1cc2c3c(cccc31)C(=O)N([C@H]1CN3CCC1CC3)CC2. The van der Waals surface area contributed by atoms with Crippen LogP contribution in [-0.4, -0.2) is 52.5 Å². The summed E-state index contributed by atoms with van der Waals surface area (Å²) in [5.74, 6) is 0.950. The molecule has 0 unspecified atom stereocenters. The van der Waals surface area contributed by atoms with Crippen molar-refractivity contribution in [3.63, 3.8) is 0 Å². The van der Waals surface area contributed by atoms with Gasteiger partial charge in [-0.1, -0.05) is 6.07 Å². The van der Waals surface area contributed by atoms with Crippen LogP contribution >= 0.6 is 0 Å². The minimum atomic E-state index is 0.249. The number of amides is 1. The molecule has 23 heavy (non-hydrogen) atoms. The van der Waals surface area contributed by atoms with E-state index in [-0.39, 0.29) is 5.91 Å². The van der Waals surface area contributed by atoms with Gasteiger partial charge in [-0.25, -0.2) is 0 Å². The van der Waals surface area contributed by atoms with Crippen LogP contribution in [0.15, 0.2) is 24.4 Å². The molecule has 0 N–H and O–H groups in total. The van der Waals surface area contributed by atoms with E-state index in [2.05, 4.69) is 33.7 Å². The van der Waals surface area contributed by atoms with Gasteiger partial charge in [0.25, 0.3) is 5.91 Å². The van der Waals surface area contributed by atoms with E-state index in [1.165, 1.54) is 42.4 Å². The van der Waals surface area contributed by atoms with Crippen molar-refractivity contribution in [1.82, 2.24) is 14.4 Å². The number of benzene rings is 1. The number of rotatable bonds is 1. The van der Waals surface area contributed by atoms with Crippen molar-refractivity contribution in [2.45, 2.75) is 25.3 Å². The van der Waals surface area contributed by atoms with E-state index >= 15 is 0 Å². The van der Waals surface area contributed by atoms with E-state index in [1.807, 2.05) is 12.1 Å². The lowest BCUT2D eigenvalue weighted by molar-refractivity contribution is 0.00826. The maximum Gasteiger partial charge on any atom is 0.254 e. The van der Waals surface area contributed by atoms with Crippen LogP contribution in [0.5, 0.6) is 0 Å². The van der Waals surface area contributed by atoms with Crippen LogP contribution in [0.3, 0.4) is 0 Å². The van der Waals surface area contributed by atoms with E-state index < -0.39 is 0 Å². The van der Waals surface area contributed by atoms with E-state index in [4.69, 9.17) is 0 Å². The van der Waals surface area contributed by atoms with Crippen LogP contribution in [0.4, 0.5) is 0 Å². The number of aryl methyl sites for hydroxylation is 1. The molecule has 4 aliphatic heterocycles. The minimum absolute atomic E-state index is 0.249. The predicted octanol–water partition coefficient (Wildman–Crippen LogP) is 2.27. The highest BCUT2D eigenvalue weighted by molar-refractivity contribution is 6.08. The molecule has 2 aromatic rings. The second-order valence-corrected chi connectivity index (χ2v) is 7.42. The molecule has 3 fully saturated rings. The third kappa shape index (κ3) is 1.91. The Morgan fingerprint density at radius 2 is 1.96 bits per heavy atom. The van der Waals surface area contributed by atoms with Crippen molar-refractivity contribution in [3.05, 3.63) is 35.5 Å². The van der Waals surface area contributed by atoms with Crippen molar-refractivity contribution in [3.8, 4) is 0 Å². The molecule has 4 aliphatic rings. The van der Waals surface area contributed by atoms with Gasteiger partial charge in [0.1, 0.15) is 0 Å². The molecule has 0 radical (unpaired) electrons. The first-order valence-corrected chi connectivity index (χ1v) is 8.82. The zero-order valence-corrected chi connectivity index (χ0v) is 13.7. The Morgan fingerprint density at radius 1 is 1.13 bits per heavy atom. The molecule has 1 amide bonds. The van der Waals surface area contributed by atoms with E-state index in [0.29, 0.717) is 12.0 Å². The lowest BCUT2D eigenvalue weighted by Gasteiger charge is -2.49. The Hall–Kier alpha value is -1.81. The molecule has 1 aromatic carbocycles. The van der Waals surface area contributed by atoms with Crippen LogP contribution in [0.2, 0.25) is 0 Å². The Morgan fingerprint density at radius 3 is 2.70 bits per heavy atom. The quantitative estimate of drug-likeness (QED) is 0.808. The average Bonchev–Trinajstić information content (AvgIpc) is 2.85. The van der Waals surface area contributed by atoms with Crippen LogP contribution < -0.4 is 0 Å². The fraction of sp³-hybridized carbons (Fsp3) is 0.526. The third-order valence-electron chi connectivity index (χ3n) is 6.23. The molecule has 6 rings (SSSR count). The molecule has 4 heteroatoms. The molecule has 1 atom stereocenters. The largest absolute Gasteiger partial charge is 0.350 e. The van der Waals surface area contributed by atoms with Gasteiger partial charge in [0.05, 0.1) is 0 Å². The number of hydrogen-bond acceptors (Lipinski definition) is 2. The topological polar surface area (TPSA) is 28.5 Å². The molecule has 0 aliphatic carbocycles. The Labute approximate surface area is 136 Å². The monoisotopic (exact) mass is 309 g/mol. The van der Waals surface area contributed by atoms with Crippen molar-refractivity contribution in [2.75, 3.05) is 26.2 Å². The van der Waals surface area contributed by atoms with E-state index in [9.17, 15) is 4.79 Å². The number of hydrogen-bond donors (Lipinski definition) is 0. The van der Waals surface area contributed by atoms with Crippen molar-refractivity contribution in [2.24, 2.45) is 13.0 Å². The summed E-state index contributed by atoms with van der Waals surface area (Å²) in [6.45, 7) is 4.38. The highest BCUT2D eigenvalue weighted by atomic mass is 16.2. The lowest BCUT2D eigenvalue weighted by atomic mass is 9.83. The Kier molecular flexibility index (Phi) is 2.87. The first-order valence-electron chi connectivity index (χ1n) is 8.82. The van der Waals surface area contributed by atoms with E-state index in [0.717, 1.165) is 25.1 Å². The molecule has 2 bridgehead atoms. The summed E-state index contributed by atoms with van der Waals surface area (Å²) < 4.78 is 2.16. The summed E-state index contributed by atoms with van der Waals surface area (Å²) in [5.41, 5.74) is 3.42. The molecular formula is C19H23N3O. The maximum atomic E-state index is 13.3. The average molecular weight is 309 g/mol. The van der Waals surface area contributed by atoms with Crippen molar-refractivity contribution in [1.29, 1.82) is 0 Å². The molecule has 3 saturated heterocycles. The highest BCUT2D eigenvalue weighted by Crippen LogP contribution is 2.35. The standard InChI is InChI=1S/C19H23N3O/c1-20-11-14-7-10-22(17-12-21-8-5-13(17)6-9-21)19(23)15-3-2-4-16(20)18(14)15/h2-4,11,13,17H,5-10,12H2,1H3/t17-/m0/s1. The van der Waals surface area contributed by atoms with Gasteiger partial charge >= 0.3 is 0 Å². The molecule has 5 heterocycles. The smallest absolute Gasteiger partial charge is 0.254 e. The molecule has 120 valence electrons. The van der Waals surface area contributed by atoms with Gasteiger partial charge in [-0.05, 0) is 56.0 Å². The van der Waals surface area contributed by atoms with Crippen LogP contribution in [0, 0.1) is 5.92 Å². The van der Waals surface area contributed by atoms with Crippen LogP contribution in [0.25, 0.3) is 10.9 Å².